The summed E-state index contributed by atoms with van der Waals surface area (Å²) >= 11 is 7.60. The van der Waals surface area contributed by atoms with Crippen molar-refractivity contribution in [3.63, 3.8) is 0 Å². The van der Waals surface area contributed by atoms with Crippen molar-refractivity contribution in [1.29, 1.82) is 0 Å². The molecule has 2 heterocycles. The van der Waals surface area contributed by atoms with E-state index in [0.29, 0.717) is 13.0 Å². The minimum atomic E-state index is -0.0354. The standard InChI is InChI=1S/C14H17ClN4OS/c1-2-11-14(21-19-18-11)12(17-16)7-9-6-10(15)5-8-3-4-20-13(8)9/h5-6,12,17H,2-4,7,16H2,1H3. The third-order valence-corrected chi connectivity index (χ3v) is 4.79. The molecular formula is C14H17ClN4OS. The van der Waals surface area contributed by atoms with Crippen LogP contribution in [0.15, 0.2) is 12.1 Å². The van der Waals surface area contributed by atoms with Crippen LogP contribution in [-0.2, 0) is 19.3 Å². The fraction of sp³-hybridized carbons (Fsp3) is 0.429. The van der Waals surface area contributed by atoms with Gasteiger partial charge in [0.25, 0.3) is 0 Å². The first-order valence-electron chi connectivity index (χ1n) is 6.94. The smallest absolute Gasteiger partial charge is 0.125 e. The molecule has 1 unspecified atom stereocenters. The van der Waals surface area contributed by atoms with Crippen LogP contribution >= 0.6 is 23.1 Å². The molecule has 0 radical (unpaired) electrons. The van der Waals surface area contributed by atoms with Crippen LogP contribution in [-0.4, -0.2) is 16.2 Å². The summed E-state index contributed by atoms with van der Waals surface area (Å²) in [7, 11) is 0. The van der Waals surface area contributed by atoms with E-state index < -0.39 is 0 Å². The van der Waals surface area contributed by atoms with Gasteiger partial charge in [-0.25, -0.2) is 0 Å². The van der Waals surface area contributed by atoms with Gasteiger partial charge in [-0.2, -0.15) is 0 Å². The number of aryl methyl sites for hydroxylation is 1. The zero-order valence-electron chi connectivity index (χ0n) is 11.7. The molecule has 1 aliphatic heterocycles. The van der Waals surface area contributed by atoms with Crippen molar-refractivity contribution in [3.05, 3.63) is 38.9 Å². The van der Waals surface area contributed by atoms with E-state index in [1.807, 2.05) is 12.1 Å². The Bertz CT molecular complexity index is 646. The molecule has 2 aromatic rings. The van der Waals surface area contributed by atoms with Crippen LogP contribution in [0.5, 0.6) is 5.75 Å². The highest BCUT2D eigenvalue weighted by atomic mass is 35.5. The molecule has 0 amide bonds. The number of benzene rings is 1. The van der Waals surface area contributed by atoms with Gasteiger partial charge in [-0.05, 0) is 47.6 Å². The third-order valence-electron chi connectivity index (χ3n) is 3.69. The lowest BCUT2D eigenvalue weighted by Crippen LogP contribution is -2.29. The largest absolute Gasteiger partial charge is 0.493 e. The Kier molecular flexibility index (Phi) is 4.40. The molecule has 1 aromatic heterocycles. The molecule has 1 atom stereocenters. The van der Waals surface area contributed by atoms with Gasteiger partial charge in [0.15, 0.2) is 0 Å². The van der Waals surface area contributed by atoms with Gasteiger partial charge in [0.05, 0.1) is 23.2 Å². The lowest BCUT2D eigenvalue weighted by molar-refractivity contribution is 0.351. The van der Waals surface area contributed by atoms with Gasteiger partial charge < -0.3 is 4.74 Å². The number of hydrogen-bond acceptors (Lipinski definition) is 6. The van der Waals surface area contributed by atoms with E-state index >= 15 is 0 Å². The average molecular weight is 325 g/mol. The van der Waals surface area contributed by atoms with Crippen LogP contribution in [0.3, 0.4) is 0 Å². The molecule has 3 rings (SSSR count). The number of ether oxygens (including phenoxy) is 1. The Balaban J connectivity index is 1.92. The lowest BCUT2D eigenvalue weighted by Gasteiger charge is -2.17. The Morgan fingerprint density at radius 3 is 3.14 bits per heavy atom. The summed E-state index contributed by atoms with van der Waals surface area (Å²) < 4.78 is 9.78. The number of nitrogens with two attached hydrogens (primary N) is 1. The molecule has 1 aromatic carbocycles. The van der Waals surface area contributed by atoms with Gasteiger partial charge in [0, 0.05) is 11.4 Å². The number of rotatable bonds is 5. The van der Waals surface area contributed by atoms with E-state index in [1.165, 1.54) is 17.1 Å². The van der Waals surface area contributed by atoms with Crippen LogP contribution in [0, 0.1) is 0 Å². The highest BCUT2D eigenvalue weighted by molar-refractivity contribution is 7.05. The molecule has 21 heavy (non-hydrogen) atoms. The van der Waals surface area contributed by atoms with Crippen LogP contribution in [0.1, 0.15) is 34.7 Å². The Hall–Kier alpha value is -1.21. The van der Waals surface area contributed by atoms with Gasteiger partial charge >= 0.3 is 0 Å². The second kappa shape index (κ2) is 6.27. The first-order chi connectivity index (χ1) is 10.2. The topological polar surface area (TPSA) is 73.1 Å². The monoisotopic (exact) mass is 324 g/mol. The number of halogens is 1. The average Bonchev–Trinajstić information content (AvgIpc) is 3.12. The molecule has 0 bridgehead atoms. The van der Waals surface area contributed by atoms with E-state index in [-0.39, 0.29) is 6.04 Å². The highest BCUT2D eigenvalue weighted by Gasteiger charge is 2.23. The summed E-state index contributed by atoms with van der Waals surface area (Å²) in [6.07, 6.45) is 2.45. The first-order valence-corrected chi connectivity index (χ1v) is 8.09. The molecule has 0 spiro atoms. The van der Waals surface area contributed by atoms with Crippen molar-refractivity contribution in [2.24, 2.45) is 5.84 Å². The van der Waals surface area contributed by atoms with Crippen molar-refractivity contribution in [2.75, 3.05) is 6.61 Å². The summed E-state index contributed by atoms with van der Waals surface area (Å²) in [5.41, 5.74) is 6.11. The van der Waals surface area contributed by atoms with Crippen molar-refractivity contribution in [2.45, 2.75) is 32.2 Å². The van der Waals surface area contributed by atoms with Crippen molar-refractivity contribution in [3.8, 4) is 5.75 Å². The fourth-order valence-electron chi connectivity index (χ4n) is 2.67. The number of fused-ring (bicyclic) bond motifs is 1. The second-order valence-corrected chi connectivity index (χ2v) is 6.23. The van der Waals surface area contributed by atoms with Crippen LogP contribution in [0.2, 0.25) is 5.02 Å². The third kappa shape index (κ3) is 2.89. The molecule has 0 saturated carbocycles. The second-order valence-electron chi connectivity index (χ2n) is 5.01. The summed E-state index contributed by atoms with van der Waals surface area (Å²) in [6.45, 7) is 2.78. The Morgan fingerprint density at radius 2 is 2.38 bits per heavy atom. The minimum Gasteiger partial charge on any atom is -0.493 e. The van der Waals surface area contributed by atoms with Gasteiger partial charge in [-0.15, -0.1) is 5.10 Å². The lowest BCUT2D eigenvalue weighted by atomic mass is 10.00. The van der Waals surface area contributed by atoms with Gasteiger partial charge in [0.2, 0.25) is 0 Å². The summed E-state index contributed by atoms with van der Waals surface area (Å²) in [6, 6.07) is 3.90. The van der Waals surface area contributed by atoms with Crippen LogP contribution in [0.4, 0.5) is 0 Å². The SMILES string of the molecule is CCc1nnsc1C(Cc1cc(Cl)cc2c1OCC2)NN. The van der Waals surface area contributed by atoms with Crippen molar-refractivity contribution < 1.29 is 4.74 Å². The normalized spacial score (nSPS) is 14.8. The predicted octanol–water partition coefficient (Wildman–Crippen LogP) is 2.44. The highest BCUT2D eigenvalue weighted by Crippen LogP contribution is 2.36. The van der Waals surface area contributed by atoms with E-state index in [9.17, 15) is 0 Å². The molecular weight excluding hydrogens is 308 g/mol. The molecule has 7 heteroatoms. The summed E-state index contributed by atoms with van der Waals surface area (Å²) in [5, 5.41) is 4.89. The summed E-state index contributed by atoms with van der Waals surface area (Å²) in [5.74, 6) is 6.70. The molecule has 1 aliphatic rings. The molecule has 0 saturated heterocycles. The van der Waals surface area contributed by atoms with Crippen molar-refractivity contribution in [1.82, 2.24) is 15.0 Å². The van der Waals surface area contributed by atoms with E-state index in [0.717, 1.165) is 39.7 Å². The van der Waals surface area contributed by atoms with E-state index in [1.54, 1.807) is 0 Å². The van der Waals surface area contributed by atoms with Crippen LogP contribution < -0.4 is 16.0 Å². The molecule has 112 valence electrons. The maximum Gasteiger partial charge on any atom is 0.125 e. The summed E-state index contributed by atoms with van der Waals surface area (Å²) in [4.78, 5) is 1.08. The zero-order chi connectivity index (χ0) is 14.8. The predicted molar refractivity (Wildman–Crippen MR) is 83.7 cm³/mol. The number of hydrazine groups is 1. The number of nitrogens with zero attached hydrogens (tertiary/aromatic N) is 2. The maximum absolute atomic E-state index is 6.21. The van der Waals surface area contributed by atoms with Crippen molar-refractivity contribution >= 4 is 23.1 Å². The fourth-order valence-corrected chi connectivity index (χ4v) is 3.73. The Labute approximate surface area is 132 Å². The van der Waals surface area contributed by atoms with Gasteiger partial charge in [-0.3, -0.25) is 11.3 Å². The van der Waals surface area contributed by atoms with E-state index in [4.69, 9.17) is 22.2 Å². The number of nitrogens with one attached hydrogen (secondary N) is 1. The van der Waals surface area contributed by atoms with Crippen LogP contribution in [0.25, 0.3) is 0 Å². The maximum atomic E-state index is 6.21. The van der Waals surface area contributed by atoms with Gasteiger partial charge in [-0.1, -0.05) is 23.0 Å². The first kappa shape index (κ1) is 14.7. The Morgan fingerprint density at radius 1 is 1.52 bits per heavy atom. The molecule has 0 aliphatic carbocycles. The number of aromatic nitrogens is 2. The quantitative estimate of drug-likeness (QED) is 0.653. The van der Waals surface area contributed by atoms with Gasteiger partial charge in [0.1, 0.15) is 5.75 Å². The zero-order valence-corrected chi connectivity index (χ0v) is 13.3. The molecule has 3 N–H and O–H groups in total. The molecule has 5 nitrogen and oxygen atoms in total. The minimum absolute atomic E-state index is 0.0354. The molecule has 0 fully saturated rings. The number of hydrogen-bond donors (Lipinski definition) is 2. The van der Waals surface area contributed by atoms with E-state index in [2.05, 4.69) is 21.9 Å².